The number of phenolic OH excluding ortho intramolecular Hbond substituents is 1. The number of aromatic hydroxyl groups is 1. The number of ketones is 1. The molecule has 4 nitrogen and oxygen atoms in total. The molecule has 1 N–H and O–H groups in total. The van der Waals surface area contributed by atoms with Crippen LogP contribution in [0.25, 0.3) is 0 Å². The summed E-state index contributed by atoms with van der Waals surface area (Å²) < 4.78 is 0. The van der Waals surface area contributed by atoms with Gasteiger partial charge in [0.05, 0.1) is 0 Å². The Morgan fingerprint density at radius 2 is 1.26 bits per heavy atom. The van der Waals surface area contributed by atoms with Crippen LogP contribution in [0.15, 0.2) is 42.5 Å². The third-order valence-electron chi connectivity index (χ3n) is 5.75. The molecular formula is C23H28N2O2. The van der Waals surface area contributed by atoms with E-state index in [0.717, 1.165) is 50.4 Å². The molecule has 0 unspecified atom stereocenters. The summed E-state index contributed by atoms with van der Waals surface area (Å²) >= 11 is 0. The SMILES string of the molecule is O=C(c1ccccc1)c1cc(CN2CCCC2)c(O)c(CN2CCCC2)c1. The third-order valence-corrected chi connectivity index (χ3v) is 5.75. The lowest BCUT2D eigenvalue weighted by Gasteiger charge is -2.21. The van der Waals surface area contributed by atoms with E-state index in [1.54, 1.807) is 0 Å². The van der Waals surface area contributed by atoms with E-state index in [-0.39, 0.29) is 5.78 Å². The molecule has 2 heterocycles. The van der Waals surface area contributed by atoms with Crippen molar-refractivity contribution in [1.29, 1.82) is 0 Å². The van der Waals surface area contributed by atoms with Gasteiger partial charge in [-0.3, -0.25) is 14.6 Å². The Morgan fingerprint density at radius 1 is 0.778 bits per heavy atom. The average molecular weight is 364 g/mol. The van der Waals surface area contributed by atoms with Crippen molar-refractivity contribution < 1.29 is 9.90 Å². The van der Waals surface area contributed by atoms with E-state index in [4.69, 9.17) is 0 Å². The summed E-state index contributed by atoms with van der Waals surface area (Å²) in [6, 6.07) is 13.2. The number of carbonyl (C=O) groups is 1. The molecule has 4 rings (SSSR count). The average Bonchev–Trinajstić information content (AvgIpc) is 3.39. The van der Waals surface area contributed by atoms with Crippen LogP contribution in [-0.2, 0) is 13.1 Å². The van der Waals surface area contributed by atoms with Gasteiger partial charge in [-0.05, 0) is 64.0 Å². The van der Waals surface area contributed by atoms with Gasteiger partial charge in [0.1, 0.15) is 5.75 Å². The highest BCUT2D eigenvalue weighted by molar-refractivity contribution is 6.09. The first-order valence-electron chi connectivity index (χ1n) is 10.1. The molecule has 2 saturated heterocycles. The summed E-state index contributed by atoms with van der Waals surface area (Å²) in [6.07, 6.45) is 4.85. The number of phenols is 1. The summed E-state index contributed by atoms with van der Waals surface area (Å²) in [6.45, 7) is 5.70. The molecule has 0 spiro atoms. The van der Waals surface area contributed by atoms with Crippen molar-refractivity contribution in [2.45, 2.75) is 38.8 Å². The second-order valence-electron chi connectivity index (χ2n) is 7.80. The molecule has 2 aliphatic rings. The van der Waals surface area contributed by atoms with Crippen LogP contribution in [0.1, 0.15) is 52.7 Å². The molecule has 27 heavy (non-hydrogen) atoms. The predicted molar refractivity (Wildman–Crippen MR) is 107 cm³/mol. The number of hydrogen-bond acceptors (Lipinski definition) is 4. The zero-order valence-corrected chi connectivity index (χ0v) is 15.9. The van der Waals surface area contributed by atoms with Gasteiger partial charge in [0, 0.05) is 35.3 Å². The van der Waals surface area contributed by atoms with Crippen LogP contribution in [0.4, 0.5) is 0 Å². The van der Waals surface area contributed by atoms with Gasteiger partial charge in [-0.2, -0.15) is 0 Å². The van der Waals surface area contributed by atoms with Crippen molar-refractivity contribution in [2.75, 3.05) is 26.2 Å². The molecule has 0 aliphatic carbocycles. The lowest BCUT2D eigenvalue weighted by molar-refractivity contribution is 0.103. The monoisotopic (exact) mass is 364 g/mol. The topological polar surface area (TPSA) is 43.8 Å². The first-order valence-corrected chi connectivity index (χ1v) is 10.1. The van der Waals surface area contributed by atoms with E-state index in [2.05, 4.69) is 9.80 Å². The van der Waals surface area contributed by atoms with Crippen LogP contribution in [0, 0.1) is 0 Å². The lowest BCUT2D eigenvalue weighted by Crippen LogP contribution is -2.21. The highest BCUT2D eigenvalue weighted by atomic mass is 16.3. The van der Waals surface area contributed by atoms with Crippen molar-refractivity contribution in [3.8, 4) is 5.75 Å². The fourth-order valence-corrected chi connectivity index (χ4v) is 4.25. The Labute approximate surface area is 161 Å². The number of rotatable bonds is 6. The molecule has 142 valence electrons. The van der Waals surface area contributed by atoms with E-state index >= 15 is 0 Å². The standard InChI is InChI=1S/C23H28N2O2/c26-22(18-8-2-1-3-9-18)19-14-20(16-24-10-4-5-11-24)23(27)21(15-19)17-25-12-6-7-13-25/h1-3,8-9,14-15,27H,4-7,10-13,16-17H2. The molecular weight excluding hydrogens is 336 g/mol. The molecule has 4 heteroatoms. The molecule has 0 saturated carbocycles. The Balaban J connectivity index is 1.67. The zero-order valence-electron chi connectivity index (χ0n) is 15.9. The van der Waals surface area contributed by atoms with Gasteiger partial charge in [-0.1, -0.05) is 30.3 Å². The Morgan fingerprint density at radius 3 is 1.74 bits per heavy atom. The zero-order chi connectivity index (χ0) is 18.6. The highest BCUT2D eigenvalue weighted by Crippen LogP contribution is 2.30. The van der Waals surface area contributed by atoms with Crippen LogP contribution in [-0.4, -0.2) is 46.9 Å². The fourth-order valence-electron chi connectivity index (χ4n) is 4.25. The Bertz CT molecular complexity index is 752. The molecule has 0 radical (unpaired) electrons. The summed E-state index contributed by atoms with van der Waals surface area (Å²) in [5.74, 6) is 0.402. The Kier molecular flexibility index (Phi) is 5.55. The van der Waals surface area contributed by atoms with Crippen LogP contribution in [0.2, 0.25) is 0 Å². The maximum absolute atomic E-state index is 13.0. The maximum Gasteiger partial charge on any atom is 0.193 e. The molecule has 0 atom stereocenters. The van der Waals surface area contributed by atoms with Crippen LogP contribution < -0.4 is 0 Å². The minimum Gasteiger partial charge on any atom is -0.507 e. The van der Waals surface area contributed by atoms with Crippen LogP contribution in [0.5, 0.6) is 5.75 Å². The van der Waals surface area contributed by atoms with E-state index in [1.807, 2.05) is 42.5 Å². The van der Waals surface area contributed by atoms with E-state index in [1.165, 1.54) is 25.7 Å². The number of nitrogens with zero attached hydrogens (tertiary/aromatic N) is 2. The number of benzene rings is 2. The number of likely N-dealkylation sites (tertiary alicyclic amines) is 2. The van der Waals surface area contributed by atoms with Gasteiger partial charge < -0.3 is 5.11 Å². The van der Waals surface area contributed by atoms with Crippen LogP contribution in [0.3, 0.4) is 0 Å². The largest absolute Gasteiger partial charge is 0.507 e. The fraction of sp³-hybridized carbons (Fsp3) is 0.435. The van der Waals surface area contributed by atoms with E-state index < -0.39 is 0 Å². The smallest absolute Gasteiger partial charge is 0.193 e. The number of hydrogen-bond donors (Lipinski definition) is 1. The summed E-state index contributed by atoms with van der Waals surface area (Å²) in [5.41, 5.74) is 3.14. The molecule has 2 aliphatic heterocycles. The van der Waals surface area contributed by atoms with E-state index in [9.17, 15) is 9.90 Å². The molecule has 2 aromatic carbocycles. The molecule has 0 amide bonds. The van der Waals surface area contributed by atoms with Crippen molar-refractivity contribution >= 4 is 5.78 Å². The molecule has 0 bridgehead atoms. The lowest BCUT2D eigenvalue weighted by atomic mass is 9.97. The van der Waals surface area contributed by atoms with Gasteiger partial charge >= 0.3 is 0 Å². The first kappa shape index (κ1) is 18.2. The van der Waals surface area contributed by atoms with Gasteiger partial charge in [0.25, 0.3) is 0 Å². The summed E-state index contributed by atoms with van der Waals surface area (Å²) in [7, 11) is 0. The Hall–Kier alpha value is -2.17. The first-order chi connectivity index (χ1) is 13.2. The van der Waals surface area contributed by atoms with Crippen molar-refractivity contribution in [3.05, 3.63) is 64.7 Å². The normalized spacial score (nSPS) is 18.2. The molecule has 2 fully saturated rings. The quantitative estimate of drug-likeness (QED) is 0.792. The molecule has 2 aromatic rings. The highest BCUT2D eigenvalue weighted by Gasteiger charge is 2.21. The van der Waals surface area contributed by atoms with Crippen molar-refractivity contribution in [3.63, 3.8) is 0 Å². The minimum atomic E-state index is 0.0287. The van der Waals surface area contributed by atoms with Gasteiger partial charge in [-0.25, -0.2) is 0 Å². The summed E-state index contributed by atoms with van der Waals surface area (Å²) in [4.78, 5) is 17.8. The third kappa shape index (κ3) is 4.23. The minimum absolute atomic E-state index is 0.0287. The number of carbonyl (C=O) groups excluding carboxylic acids is 1. The maximum atomic E-state index is 13.0. The van der Waals surface area contributed by atoms with Crippen molar-refractivity contribution in [2.24, 2.45) is 0 Å². The van der Waals surface area contributed by atoms with Gasteiger partial charge in [0.2, 0.25) is 0 Å². The molecule has 0 aromatic heterocycles. The predicted octanol–water partition coefficient (Wildman–Crippen LogP) is 3.81. The second-order valence-corrected chi connectivity index (χ2v) is 7.80. The van der Waals surface area contributed by atoms with E-state index in [0.29, 0.717) is 16.9 Å². The van der Waals surface area contributed by atoms with Gasteiger partial charge in [-0.15, -0.1) is 0 Å². The summed E-state index contributed by atoms with van der Waals surface area (Å²) in [5, 5.41) is 10.9. The van der Waals surface area contributed by atoms with Gasteiger partial charge in [0.15, 0.2) is 5.78 Å². The second kappa shape index (κ2) is 8.24. The van der Waals surface area contributed by atoms with Crippen molar-refractivity contribution in [1.82, 2.24) is 9.80 Å². The van der Waals surface area contributed by atoms with Crippen LogP contribution >= 0.6 is 0 Å².